The summed E-state index contributed by atoms with van der Waals surface area (Å²) in [6.45, 7) is 15.8. The third kappa shape index (κ3) is 19.2. The van der Waals surface area contributed by atoms with Crippen LogP contribution in [0.25, 0.3) is 0 Å². The Morgan fingerprint density at radius 2 is 0.909 bits per heavy atom. The second-order valence-electron chi connectivity index (χ2n) is 9.49. The van der Waals surface area contributed by atoms with Gasteiger partial charge in [-0.3, -0.25) is 0 Å². The van der Waals surface area contributed by atoms with Gasteiger partial charge in [0.25, 0.3) is 0 Å². The Morgan fingerprint density at radius 1 is 0.545 bits per heavy atom. The molecule has 33 heavy (non-hydrogen) atoms. The molecule has 0 N–H and O–H groups in total. The normalized spacial score (nSPS) is 13.8. The number of rotatable bonds is 26. The van der Waals surface area contributed by atoms with Gasteiger partial charge in [0.15, 0.2) is 0 Å². The van der Waals surface area contributed by atoms with Crippen LogP contribution in [-0.2, 0) is 9.47 Å². The van der Waals surface area contributed by atoms with Gasteiger partial charge in [-0.15, -0.1) is 0 Å². The monoisotopic (exact) mass is 554 g/mol. The molecule has 200 valence electrons. The van der Waals surface area contributed by atoms with Crippen LogP contribution in [0.4, 0.5) is 0 Å². The van der Waals surface area contributed by atoms with Crippen LogP contribution in [0.5, 0.6) is 0 Å². The second-order valence-corrected chi connectivity index (χ2v) is 20.8. The molecule has 0 rings (SSSR count). The molecular weight excluding hydrogens is 497 g/mol. The lowest BCUT2D eigenvalue weighted by atomic mass is 10.3. The zero-order valence-electron chi connectivity index (χ0n) is 23.1. The molecule has 2 nitrogen and oxygen atoms in total. The fraction of sp³-hybridized carbons (Fsp3) is 1.00. The summed E-state index contributed by atoms with van der Waals surface area (Å²) in [5, 5.41) is 0. The van der Waals surface area contributed by atoms with E-state index in [0.717, 1.165) is 26.1 Å². The zero-order chi connectivity index (χ0) is 24.6. The van der Waals surface area contributed by atoms with E-state index in [1.807, 2.05) is 9.83 Å². The maximum Gasteiger partial charge on any atom is 0.0716 e. The minimum Gasteiger partial charge on any atom is -0.382 e. The SMILES string of the molecule is CCCOC(CCCSSSCCCC(OCCC)[SiH](CCC)CCC)[SiH](CCC)CCC. The summed E-state index contributed by atoms with van der Waals surface area (Å²) in [7, 11) is 4.67. The molecule has 0 aromatic rings. The lowest BCUT2D eigenvalue weighted by Gasteiger charge is -2.26. The van der Waals surface area contributed by atoms with Crippen LogP contribution in [-0.4, -0.2) is 53.8 Å². The molecule has 0 aliphatic heterocycles. The van der Waals surface area contributed by atoms with E-state index in [2.05, 4.69) is 63.1 Å². The van der Waals surface area contributed by atoms with Gasteiger partial charge in [0.2, 0.25) is 0 Å². The van der Waals surface area contributed by atoms with Crippen LogP contribution in [0.15, 0.2) is 0 Å². The molecule has 0 aliphatic carbocycles. The van der Waals surface area contributed by atoms with Crippen molar-refractivity contribution in [3.63, 3.8) is 0 Å². The highest BCUT2D eigenvalue weighted by Crippen LogP contribution is 2.36. The molecule has 7 heteroatoms. The summed E-state index contributed by atoms with van der Waals surface area (Å²) in [6.07, 6.45) is 12.9. The third-order valence-electron chi connectivity index (χ3n) is 6.29. The molecule has 0 aliphatic rings. The molecule has 0 aromatic heterocycles. The van der Waals surface area contributed by atoms with Gasteiger partial charge < -0.3 is 9.47 Å². The predicted molar refractivity (Wildman–Crippen MR) is 166 cm³/mol. The van der Waals surface area contributed by atoms with E-state index in [-0.39, 0.29) is 0 Å². The van der Waals surface area contributed by atoms with Gasteiger partial charge >= 0.3 is 0 Å². The van der Waals surface area contributed by atoms with Gasteiger partial charge in [0.1, 0.15) is 0 Å². The van der Waals surface area contributed by atoms with Crippen LogP contribution in [0.3, 0.4) is 0 Å². The number of ether oxygens (including phenoxy) is 2. The highest BCUT2D eigenvalue weighted by Gasteiger charge is 2.23. The van der Waals surface area contributed by atoms with E-state index in [0.29, 0.717) is 11.5 Å². The van der Waals surface area contributed by atoms with Gasteiger partial charge in [0.05, 0.1) is 17.6 Å². The fourth-order valence-corrected chi connectivity index (χ4v) is 15.9. The summed E-state index contributed by atoms with van der Waals surface area (Å²) in [5.41, 5.74) is 1.23. The van der Waals surface area contributed by atoms with Crippen molar-refractivity contribution in [1.82, 2.24) is 0 Å². The average Bonchev–Trinajstić information content (AvgIpc) is 2.81. The molecule has 0 spiro atoms. The lowest BCUT2D eigenvalue weighted by molar-refractivity contribution is 0.0956. The average molecular weight is 555 g/mol. The minimum atomic E-state index is -0.745. The van der Waals surface area contributed by atoms with E-state index in [9.17, 15) is 0 Å². The van der Waals surface area contributed by atoms with Crippen molar-refractivity contribution in [2.24, 2.45) is 0 Å². The Morgan fingerprint density at radius 3 is 1.21 bits per heavy atom. The van der Waals surface area contributed by atoms with Crippen molar-refractivity contribution in [3.05, 3.63) is 0 Å². The standard InChI is InChI=1S/C26H58O2S3Si2/c1-7-17-27-25(32(21-9-3)22-10-4)15-13-19-29-31-30-20-14-16-26(28-18-8-2)33(23-11-5)24-12-6/h25-26,32-33H,7-24H2,1-6H3. The molecule has 2 atom stereocenters. The van der Waals surface area contributed by atoms with Gasteiger partial charge in [-0.25, -0.2) is 0 Å². The maximum atomic E-state index is 6.35. The molecule has 0 aromatic carbocycles. The first-order chi connectivity index (χ1) is 16.2. The van der Waals surface area contributed by atoms with E-state index >= 15 is 0 Å². The summed E-state index contributed by atoms with van der Waals surface area (Å²) in [4.78, 5) is 0. The largest absolute Gasteiger partial charge is 0.382 e. The zero-order valence-corrected chi connectivity index (χ0v) is 27.8. The van der Waals surface area contributed by atoms with Crippen molar-refractivity contribution >= 4 is 49.0 Å². The van der Waals surface area contributed by atoms with Gasteiger partial charge in [-0.05, 0) is 48.4 Å². The Bertz CT molecular complexity index is 349. The van der Waals surface area contributed by atoms with Crippen molar-refractivity contribution in [2.75, 3.05) is 24.7 Å². The first kappa shape index (κ1) is 34.4. The first-order valence-corrected chi connectivity index (χ1v) is 22.7. The molecule has 0 amide bonds. The van der Waals surface area contributed by atoms with E-state index in [1.165, 1.54) is 87.0 Å². The molecule has 0 saturated carbocycles. The molecule has 0 fully saturated rings. The van der Waals surface area contributed by atoms with Gasteiger partial charge in [0, 0.05) is 36.2 Å². The first-order valence-electron chi connectivity index (χ1n) is 14.3. The molecule has 2 unspecified atom stereocenters. The number of hydrogen-bond acceptors (Lipinski definition) is 5. The molecular formula is C26H58O2S3Si2. The molecule has 0 bridgehead atoms. The Hall–Kier alpha value is 1.40. The Labute approximate surface area is 223 Å². The van der Waals surface area contributed by atoms with E-state index in [4.69, 9.17) is 9.47 Å². The third-order valence-corrected chi connectivity index (χ3v) is 19.1. The quantitative estimate of drug-likeness (QED) is 0.0600. The topological polar surface area (TPSA) is 18.5 Å². The molecule has 0 saturated heterocycles. The molecule has 0 heterocycles. The maximum absolute atomic E-state index is 6.35. The predicted octanol–water partition coefficient (Wildman–Crippen LogP) is 9.34. The summed E-state index contributed by atoms with van der Waals surface area (Å²) >= 11 is 0. The summed E-state index contributed by atoms with van der Waals surface area (Å²) in [5.74, 6) is 2.54. The van der Waals surface area contributed by atoms with E-state index in [1.54, 1.807) is 0 Å². The van der Waals surface area contributed by atoms with Gasteiger partial charge in [-0.2, -0.15) is 0 Å². The van der Waals surface area contributed by atoms with Crippen molar-refractivity contribution < 1.29 is 9.47 Å². The fourth-order valence-electron chi connectivity index (χ4n) is 4.75. The van der Waals surface area contributed by atoms with Crippen molar-refractivity contribution in [1.29, 1.82) is 0 Å². The van der Waals surface area contributed by atoms with Crippen LogP contribution < -0.4 is 0 Å². The van der Waals surface area contributed by atoms with Crippen LogP contribution in [0.2, 0.25) is 24.2 Å². The smallest absolute Gasteiger partial charge is 0.0716 e. The van der Waals surface area contributed by atoms with Crippen LogP contribution in [0.1, 0.15) is 106 Å². The highest BCUT2D eigenvalue weighted by molar-refractivity contribution is 9.09. The van der Waals surface area contributed by atoms with Crippen molar-refractivity contribution in [3.8, 4) is 0 Å². The minimum absolute atomic E-state index is 0.617. The second kappa shape index (κ2) is 26.5. The molecule has 0 radical (unpaired) electrons. The lowest BCUT2D eigenvalue weighted by Crippen LogP contribution is -2.33. The van der Waals surface area contributed by atoms with E-state index < -0.39 is 17.6 Å². The van der Waals surface area contributed by atoms with Gasteiger partial charge in [-0.1, -0.05) is 113 Å². The number of hydrogen-bond donors (Lipinski definition) is 0. The van der Waals surface area contributed by atoms with Crippen molar-refractivity contribution in [2.45, 2.75) is 141 Å². The Kier molecular flexibility index (Phi) is 27.6. The van der Waals surface area contributed by atoms with Crippen LogP contribution in [0, 0.1) is 0 Å². The summed E-state index contributed by atoms with van der Waals surface area (Å²) < 4.78 is 12.7. The summed E-state index contributed by atoms with van der Waals surface area (Å²) in [6, 6.07) is 5.85. The highest BCUT2D eigenvalue weighted by atomic mass is 33.5. The Balaban J connectivity index is 4.13. The van der Waals surface area contributed by atoms with Crippen LogP contribution >= 0.6 is 31.4 Å².